The Hall–Kier alpha value is -2.81. The minimum absolute atomic E-state index is 0.188. The zero-order valence-corrected chi connectivity index (χ0v) is 14.8. The molecule has 27 heavy (non-hydrogen) atoms. The van der Waals surface area contributed by atoms with Gasteiger partial charge in [-0.25, -0.2) is 13.6 Å². The Morgan fingerprint density at radius 2 is 1.89 bits per heavy atom. The molecule has 1 aliphatic rings. The second kappa shape index (κ2) is 7.83. The maximum Gasteiger partial charge on any atom is 0.328 e. The maximum absolute atomic E-state index is 13.8. The van der Waals surface area contributed by atoms with Crippen LogP contribution < -0.4 is 0 Å². The van der Waals surface area contributed by atoms with Gasteiger partial charge in [-0.3, -0.25) is 14.4 Å². The number of benzene rings is 1. The van der Waals surface area contributed by atoms with Crippen LogP contribution in [0.4, 0.5) is 8.78 Å². The summed E-state index contributed by atoms with van der Waals surface area (Å²) in [5.74, 6) is -3.01. The topological polar surface area (TPSA) is 78.7 Å². The number of hydrogen-bond acceptors (Lipinski definition) is 4. The highest BCUT2D eigenvalue weighted by atomic mass is 19.2. The molecule has 1 saturated heterocycles. The fourth-order valence-corrected chi connectivity index (χ4v) is 2.96. The van der Waals surface area contributed by atoms with Crippen molar-refractivity contribution in [3.05, 3.63) is 53.4 Å². The van der Waals surface area contributed by atoms with Crippen LogP contribution in [0.5, 0.6) is 0 Å². The summed E-state index contributed by atoms with van der Waals surface area (Å²) in [6.45, 7) is 3.65. The Labute approximate surface area is 154 Å². The molecule has 1 fully saturated rings. The van der Waals surface area contributed by atoms with Crippen molar-refractivity contribution in [2.45, 2.75) is 19.5 Å². The maximum atomic E-state index is 13.8. The van der Waals surface area contributed by atoms with E-state index in [2.05, 4.69) is 5.10 Å². The molecule has 1 atom stereocenters. The molecule has 1 N–H and O–H groups in total. The molecule has 2 heterocycles. The molecule has 144 valence electrons. The number of piperazine rings is 1. The fraction of sp³-hybridized carbons (Fsp3) is 0.389. The van der Waals surface area contributed by atoms with E-state index in [1.165, 1.54) is 29.9 Å². The van der Waals surface area contributed by atoms with Gasteiger partial charge in [0.15, 0.2) is 11.6 Å². The second-order valence-electron chi connectivity index (χ2n) is 6.48. The molecule has 2 aromatic rings. The third kappa shape index (κ3) is 4.13. The first-order valence-corrected chi connectivity index (χ1v) is 8.59. The van der Waals surface area contributed by atoms with Crippen molar-refractivity contribution in [1.82, 2.24) is 19.6 Å². The van der Waals surface area contributed by atoms with E-state index in [4.69, 9.17) is 5.11 Å². The number of carboxylic acids is 1. The molecule has 0 spiro atoms. The largest absolute Gasteiger partial charge is 0.480 e. The van der Waals surface area contributed by atoms with Crippen LogP contribution in [-0.4, -0.2) is 62.7 Å². The Morgan fingerprint density at radius 3 is 2.56 bits per heavy atom. The van der Waals surface area contributed by atoms with E-state index < -0.39 is 23.6 Å². The zero-order valence-electron chi connectivity index (χ0n) is 14.8. The Morgan fingerprint density at radius 1 is 1.19 bits per heavy atom. The minimum Gasteiger partial charge on any atom is -0.480 e. The lowest BCUT2D eigenvalue weighted by molar-refractivity contribution is -0.140. The normalized spacial score (nSPS) is 16.3. The molecule has 0 aliphatic carbocycles. The molecule has 1 aromatic heterocycles. The van der Waals surface area contributed by atoms with Gasteiger partial charge in [0.05, 0.1) is 0 Å². The van der Waals surface area contributed by atoms with Crippen molar-refractivity contribution in [2.75, 3.05) is 26.2 Å². The van der Waals surface area contributed by atoms with Gasteiger partial charge in [0.1, 0.15) is 11.7 Å². The molecule has 0 saturated carbocycles. The zero-order chi connectivity index (χ0) is 19.6. The molecule has 0 bridgehead atoms. The SMILES string of the molecule is CC(C(=O)O)n1ccc(C(=O)N2CCN(Cc3cccc(F)c3F)CC2)n1. The van der Waals surface area contributed by atoms with Crippen LogP contribution in [0.15, 0.2) is 30.5 Å². The predicted molar refractivity (Wildman–Crippen MR) is 92.1 cm³/mol. The highest BCUT2D eigenvalue weighted by molar-refractivity contribution is 5.92. The summed E-state index contributed by atoms with van der Waals surface area (Å²) >= 11 is 0. The quantitative estimate of drug-likeness (QED) is 0.858. The number of aromatic nitrogens is 2. The van der Waals surface area contributed by atoms with Gasteiger partial charge >= 0.3 is 5.97 Å². The van der Waals surface area contributed by atoms with Gasteiger partial charge in [0, 0.05) is 44.5 Å². The average Bonchev–Trinajstić information content (AvgIpc) is 3.15. The molecular weight excluding hydrogens is 358 g/mol. The smallest absolute Gasteiger partial charge is 0.328 e. The first kappa shape index (κ1) is 19.0. The van der Waals surface area contributed by atoms with Crippen LogP contribution in [-0.2, 0) is 11.3 Å². The molecule has 1 unspecified atom stereocenters. The number of amides is 1. The number of carbonyl (C=O) groups excluding carboxylic acids is 1. The standard InChI is InChI=1S/C18H20F2N4O3/c1-12(18(26)27)24-6-5-15(21-24)17(25)23-9-7-22(8-10-23)11-13-3-2-4-14(19)16(13)20/h2-6,12H,7-11H2,1H3,(H,26,27). The molecule has 1 amide bonds. The fourth-order valence-electron chi connectivity index (χ4n) is 2.96. The number of rotatable bonds is 5. The van der Waals surface area contributed by atoms with Crippen molar-refractivity contribution >= 4 is 11.9 Å². The van der Waals surface area contributed by atoms with Crippen LogP contribution in [0.25, 0.3) is 0 Å². The lowest BCUT2D eigenvalue weighted by Crippen LogP contribution is -2.48. The van der Waals surface area contributed by atoms with Gasteiger partial charge in [-0.2, -0.15) is 5.10 Å². The van der Waals surface area contributed by atoms with E-state index in [9.17, 15) is 18.4 Å². The number of aliphatic carboxylic acids is 1. The third-order valence-corrected chi connectivity index (χ3v) is 4.67. The summed E-state index contributed by atoms with van der Waals surface area (Å²) in [5.41, 5.74) is 0.476. The molecule has 3 rings (SSSR count). The van der Waals surface area contributed by atoms with Gasteiger partial charge in [-0.15, -0.1) is 0 Å². The Balaban J connectivity index is 1.58. The van der Waals surface area contributed by atoms with Crippen LogP contribution in [0.3, 0.4) is 0 Å². The van der Waals surface area contributed by atoms with Crippen LogP contribution in [0.1, 0.15) is 29.0 Å². The van der Waals surface area contributed by atoms with E-state index in [0.29, 0.717) is 26.2 Å². The number of halogens is 2. The van der Waals surface area contributed by atoms with Crippen LogP contribution >= 0.6 is 0 Å². The summed E-state index contributed by atoms with van der Waals surface area (Å²) in [4.78, 5) is 27.1. The van der Waals surface area contributed by atoms with Crippen molar-refractivity contribution in [2.24, 2.45) is 0 Å². The van der Waals surface area contributed by atoms with Gasteiger partial charge in [-0.1, -0.05) is 12.1 Å². The second-order valence-corrected chi connectivity index (χ2v) is 6.48. The summed E-state index contributed by atoms with van der Waals surface area (Å²) in [7, 11) is 0. The first-order chi connectivity index (χ1) is 12.9. The van der Waals surface area contributed by atoms with Crippen molar-refractivity contribution in [3.8, 4) is 0 Å². The summed E-state index contributed by atoms with van der Waals surface area (Å²) in [6, 6.07) is 4.74. The Kier molecular flexibility index (Phi) is 5.50. The third-order valence-electron chi connectivity index (χ3n) is 4.67. The van der Waals surface area contributed by atoms with Crippen molar-refractivity contribution < 1.29 is 23.5 Å². The molecular formula is C18H20F2N4O3. The van der Waals surface area contributed by atoms with E-state index in [-0.39, 0.29) is 23.7 Å². The molecule has 9 heteroatoms. The van der Waals surface area contributed by atoms with Gasteiger partial charge in [0.2, 0.25) is 0 Å². The number of carboxylic acid groups (broad SMARTS) is 1. The summed E-state index contributed by atoms with van der Waals surface area (Å²) in [6.07, 6.45) is 1.47. The lowest BCUT2D eigenvalue weighted by atomic mass is 10.1. The van der Waals surface area contributed by atoms with E-state index in [1.807, 2.05) is 4.90 Å². The monoisotopic (exact) mass is 378 g/mol. The molecule has 7 nitrogen and oxygen atoms in total. The molecule has 1 aromatic carbocycles. The van der Waals surface area contributed by atoms with Crippen molar-refractivity contribution in [3.63, 3.8) is 0 Å². The number of carbonyl (C=O) groups is 2. The molecule has 1 aliphatic heterocycles. The van der Waals surface area contributed by atoms with E-state index >= 15 is 0 Å². The highest BCUT2D eigenvalue weighted by Gasteiger charge is 2.25. The van der Waals surface area contributed by atoms with Gasteiger partial charge < -0.3 is 10.0 Å². The van der Waals surface area contributed by atoms with E-state index in [1.54, 1.807) is 11.0 Å². The lowest BCUT2D eigenvalue weighted by Gasteiger charge is -2.34. The average molecular weight is 378 g/mol. The van der Waals surface area contributed by atoms with E-state index in [0.717, 1.165) is 6.07 Å². The Bertz CT molecular complexity index is 847. The van der Waals surface area contributed by atoms with Crippen LogP contribution in [0, 0.1) is 11.6 Å². The first-order valence-electron chi connectivity index (χ1n) is 8.59. The summed E-state index contributed by atoms with van der Waals surface area (Å²) in [5, 5.41) is 13.1. The van der Waals surface area contributed by atoms with Gasteiger partial charge in [0.25, 0.3) is 5.91 Å². The molecule has 0 radical (unpaired) electrons. The van der Waals surface area contributed by atoms with Gasteiger partial charge in [-0.05, 0) is 19.1 Å². The van der Waals surface area contributed by atoms with Crippen molar-refractivity contribution in [1.29, 1.82) is 0 Å². The van der Waals surface area contributed by atoms with Crippen LogP contribution in [0.2, 0.25) is 0 Å². The minimum atomic E-state index is -1.03. The predicted octanol–water partition coefficient (Wildman–Crippen LogP) is 1.76. The highest BCUT2D eigenvalue weighted by Crippen LogP contribution is 2.16. The summed E-state index contributed by atoms with van der Waals surface area (Å²) < 4.78 is 28.3. The number of nitrogens with zero attached hydrogens (tertiary/aromatic N) is 4. The number of hydrogen-bond donors (Lipinski definition) is 1.